The molecule has 0 aliphatic carbocycles. The lowest BCUT2D eigenvalue weighted by Crippen LogP contribution is -1.72. The Morgan fingerprint density at radius 3 is 2.06 bits per heavy atom. The van der Waals surface area contributed by atoms with Crippen molar-refractivity contribution in [1.82, 2.24) is 0 Å². The Kier molecular flexibility index (Phi) is 4.50. The molecule has 0 aliphatic heterocycles. The van der Waals surface area contributed by atoms with E-state index in [0.29, 0.717) is 0 Å². The molecule has 3 aromatic heterocycles. The first-order valence-electron chi connectivity index (χ1n) is 5.02. The molecule has 0 aromatic carbocycles. The zero-order chi connectivity index (χ0) is 12.1. The van der Waals surface area contributed by atoms with Gasteiger partial charge in [0.2, 0.25) is 0 Å². The zero-order valence-corrected chi connectivity index (χ0v) is 11.7. The summed E-state index contributed by atoms with van der Waals surface area (Å²) < 4.78 is 0. The first-order chi connectivity index (χ1) is 8.45. The molecule has 3 heterocycles. The molecule has 0 aliphatic rings. The van der Waals surface area contributed by atoms with Crippen LogP contribution in [0, 0.1) is 0 Å². The molecule has 3 aromatic rings. The Bertz CT molecular complexity index is 486. The highest BCUT2D eigenvalue weighted by molar-refractivity contribution is 7.15. The highest BCUT2D eigenvalue weighted by atomic mass is 32.1. The van der Waals surface area contributed by atoms with E-state index in [4.69, 9.17) is 5.11 Å². The van der Waals surface area contributed by atoms with Gasteiger partial charge in [-0.2, -0.15) is 22.7 Å². The zero-order valence-electron chi connectivity index (χ0n) is 9.29. The molecule has 0 atom stereocenters. The van der Waals surface area contributed by atoms with Crippen LogP contribution in [0.1, 0.15) is 0 Å². The van der Waals surface area contributed by atoms with Crippen molar-refractivity contribution in [2.24, 2.45) is 0 Å². The van der Waals surface area contributed by atoms with Crippen LogP contribution in [0.3, 0.4) is 0 Å². The second-order valence-electron chi connectivity index (χ2n) is 3.19. The maximum absolute atomic E-state index is 7.00. The van der Waals surface area contributed by atoms with Crippen molar-refractivity contribution in [2.45, 2.75) is 0 Å². The first kappa shape index (κ1) is 12.5. The van der Waals surface area contributed by atoms with Crippen LogP contribution in [0.25, 0.3) is 21.6 Å². The van der Waals surface area contributed by atoms with Crippen molar-refractivity contribution in [2.75, 3.05) is 7.11 Å². The standard InChI is InChI=1S/C12H8S3.CH4O/c1-4-13-7-9(1)11-3-6-15-12(11)10-2-5-14-8-10;1-2/h1-8H;2H,1H3. The average Bonchev–Trinajstić information content (AvgIpc) is 3.13. The molecule has 0 spiro atoms. The van der Waals surface area contributed by atoms with Gasteiger partial charge in [0.25, 0.3) is 0 Å². The number of hydrogen-bond acceptors (Lipinski definition) is 4. The third-order valence-corrected chi connectivity index (χ3v) is 4.61. The van der Waals surface area contributed by atoms with E-state index in [1.807, 2.05) is 11.3 Å². The number of thiophene rings is 3. The summed E-state index contributed by atoms with van der Waals surface area (Å²) in [5.74, 6) is 0. The van der Waals surface area contributed by atoms with E-state index in [0.717, 1.165) is 7.11 Å². The maximum atomic E-state index is 7.00. The van der Waals surface area contributed by atoms with Gasteiger partial charge in [0.05, 0.1) is 0 Å². The molecule has 4 heteroatoms. The lowest BCUT2D eigenvalue weighted by Gasteiger charge is -1.98. The van der Waals surface area contributed by atoms with Gasteiger partial charge in [-0.1, -0.05) is 0 Å². The molecule has 3 rings (SSSR count). The van der Waals surface area contributed by atoms with E-state index in [1.54, 1.807) is 22.7 Å². The van der Waals surface area contributed by atoms with E-state index in [2.05, 4.69) is 45.1 Å². The van der Waals surface area contributed by atoms with Gasteiger partial charge in [-0.25, -0.2) is 0 Å². The molecule has 0 saturated carbocycles. The van der Waals surface area contributed by atoms with Gasteiger partial charge >= 0.3 is 0 Å². The largest absolute Gasteiger partial charge is 0.400 e. The van der Waals surface area contributed by atoms with Gasteiger partial charge < -0.3 is 5.11 Å². The van der Waals surface area contributed by atoms with E-state index >= 15 is 0 Å². The second-order valence-corrected chi connectivity index (χ2v) is 5.66. The van der Waals surface area contributed by atoms with Gasteiger partial charge in [-0.3, -0.25) is 0 Å². The maximum Gasteiger partial charge on any atom is 0.0429 e. The van der Waals surface area contributed by atoms with Crippen molar-refractivity contribution in [3.63, 3.8) is 0 Å². The lowest BCUT2D eigenvalue weighted by molar-refractivity contribution is 0.399. The fourth-order valence-corrected chi connectivity index (χ4v) is 3.86. The second kappa shape index (κ2) is 6.12. The van der Waals surface area contributed by atoms with Crippen LogP contribution < -0.4 is 0 Å². The Morgan fingerprint density at radius 1 is 0.824 bits per heavy atom. The fourth-order valence-electron chi connectivity index (χ4n) is 1.57. The number of aliphatic hydroxyl groups is 1. The fraction of sp³-hybridized carbons (Fsp3) is 0.0769. The molecule has 0 radical (unpaired) electrons. The summed E-state index contributed by atoms with van der Waals surface area (Å²) in [6, 6.07) is 6.58. The number of rotatable bonds is 2. The van der Waals surface area contributed by atoms with E-state index in [9.17, 15) is 0 Å². The van der Waals surface area contributed by atoms with Crippen molar-refractivity contribution < 1.29 is 5.11 Å². The molecule has 88 valence electrons. The molecule has 0 unspecified atom stereocenters. The molecular formula is C13H12OS3. The van der Waals surface area contributed by atoms with Crippen LogP contribution in [0.4, 0.5) is 0 Å². The number of hydrogen-bond donors (Lipinski definition) is 1. The summed E-state index contributed by atoms with van der Waals surface area (Å²) in [6.45, 7) is 0. The van der Waals surface area contributed by atoms with Crippen LogP contribution in [0.5, 0.6) is 0 Å². The van der Waals surface area contributed by atoms with Crippen LogP contribution in [-0.2, 0) is 0 Å². The van der Waals surface area contributed by atoms with Crippen molar-refractivity contribution in [3.05, 3.63) is 45.1 Å². The van der Waals surface area contributed by atoms with Crippen LogP contribution >= 0.6 is 34.0 Å². The summed E-state index contributed by atoms with van der Waals surface area (Å²) in [5.41, 5.74) is 4.04. The minimum atomic E-state index is 1.00. The normalized spacial score (nSPS) is 9.76. The van der Waals surface area contributed by atoms with E-state index in [-0.39, 0.29) is 0 Å². The highest BCUT2D eigenvalue weighted by Gasteiger charge is 2.09. The Morgan fingerprint density at radius 2 is 1.47 bits per heavy atom. The van der Waals surface area contributed by atoms with Gasteiger partial charge in [0.1, 0.15) is 0 Å². The number of aliphatic hydroxyl groups excluding tert-OH is 1. The molecular weight excluding hydrogens is 268 g/mol. The molecule has 0 bridgehead atoms. The topological polar surface area (TPSA) is 20.2 Å². The highest BCUT2D eigenvalue weighted by Crippen LogP contribution is 2.38. The van der Waals surface area contributed by atoms with Gasteiger partial charge in [0, 0.05) is 23.1 Å². The van der Waals surface area contributed by atoms with E-state index < -0.39 is 0 Å². The monoisotopic (exact) mass is 280 g/mol. The quantitative estimate of drug-likeness (QED) is 0.714. The van der Waals surface area contributed by atoms with Gasteiger partial charge in [-0.15, -0.1) is 11.3 Å². The summed E-state index contributed by atoms with van der Waals surface area (Å²) in [7, 11) is 1.00. The summed E-state index contributed by atoms with van der Waals surface area (Å²) >= 11 is 5.32. The molecule has 17 heavy (non-hydrogen) atoms. The summed E-state index contributed by atoms with van der Waals surface area (Å²) in [4.78, 5) is 1.38. The van der Waals surface area contributed by atoms with Gasteiger partial charge in [-0.05, 0) is 50.7 Å². The van der Waals surface area contributed by atoms with Crippen LogP contribution in [-0.4, -0.2) is 12.2 Å². The van der Waals surface area contributed by atoms with Crippen molar-refractivity contribution >= 4 is 34.0 Å². The lowest BCUT2D eigenvalue weighted by atomic mass is 10.1. The SMILES string of the molecule is CO.c1cc(-c2ccsc2-c2ccsc2)cs1. The molecule has 1 nitrogen and oxygen atoms in total. The molecule has 0 fully saturated rings. The Labute approximate surface area is 113 Å². The third-order valence-electron chi connectivity index (χ3n) is 2.28. The molecule has 0 saturated heterocycles. The van der Waals surface area contributed by atoms with Crippen molar-refractivity contribution in [1.29, 1.82) is 0 Å². The Hall–Kier alpha value is -0.940. The van der Waals surface area contributed by atoms with Crippen molar-refractivity contribution in [3.8, 4) is 21.6 Å². The molecule has 1 N–H and O–H groups in total. The summed E-state index contributed by atoms with van der Waals surface area (Å²) in [6.07, 6.45) is 0. The van der Waals surface area contributed by atoms with Gasteiger partial charge in [0.15, 0.2) is 0 Å². The molecule has 0 amide bonds. The average molecular weight is 280 g/mol. The minimum absolute atomic E-state index is 1.00. The van der Waals surface area contributed by atoms with E-state index in [1.165, 1.54) is 21.6 Å². The van der Waals surface area contributed by atoms with Crippen LogP contribution in [0.15, 0.2) is 45.1 Å². The smallest absolute Gasteiger partial charge is 0.0429 e. The predicted molar refractivity (Wildman–Crippen MR) is 79.1 cm³/mol. The minimum Gasteiger partial charge on any atom is -0.400 e. The first-order valence-corrected chi connectivity index (χ1v) is 7.79. The summed E-state index contributed by atoms with van der Waals surface area (Å²) in [5, 5.41) is 17.8. The Balaban J connectivity index is 0.000000514. The van der Waals surface area contributed by atoms with Crippen LogP contribution in [0.2, 0.25) is 0 Å². The third kappa shape index (κ3) is 2.66. The predicted octanol–water partition coefficient (Wildman–Crippen LogP) is 4.81.